The molecule has 2 aliphatic rings. The lowest BCUT2D eigenvalue weighted by atomic mass is 10.0. The highest BCUT2D eigenvalue weighted by atomic mass is 16.5. The van der Waals surface area contributed by atoms with Crippen LogP contribution in [0, 0.1) is 5.92 Å². The summed E-state index contributed by atoms with van der Waals surface area (Å²) < 4.78 is 7.02. The Morgan fingerprint density at radius 3 is 2.92 bits per heavy atom. The zero-order chi connectivity index (χ0) is 18.1. The van der Waals surface area contributed by atoms with Crippen molar-refractivity contribution >= 4 is 11.9 Å². The first kappa shape index (κ1) is 16.7. The van der Waals surface area contributed by atoms with Crippen LogP contribution in [0.5, 0.6) is 0 Å². The standard InChI is InChI=1S/C18H20N4O4/c23-17(12-5-8-26-11-12)21-7-4-15-14(10-21)16(18(24)25)20-22(15)9-13-3-1-2-6-19-13/h1-3,6,12H,4-5,7-11H2,(H,24,25)/t12-/m1/s1. The number of ether oxygens (including phenoxy) is 1. The predicted octanol–water partition coefficient (Wildman–Crippen LogP) is 0.946. The van der Waals surface area contributed by atoms with Crippen molar-refractivity contribution in [2.45, 2.75) is 25.9 Å². The molecule has 8 nitrogen and oxygen atoms in total. The minimum atomic E-state index is -1.07. The molecule has 8 heteroatoms. The summed E-state index contributed by atoms with van der Waals surface area (Å²) in [6, 6.07) is 5.61. The summed E-state index contributed by atoms with van der Waals surface area (Å²) in [6.45, 7) is 2.33. The van der Waals surface area contributed by atoms with E-state index < -0.39 is 5.97 Å². The van der Waals surface area contributed by atoms with Crippen LogP contribution in [-0.4, -0.2) is 56.4 Å². The molecule has 0 spiro atoms. The number of fused-ring (bicyclic) bond motifs is 1. The Labute approximate surface area is 150 Å². The number of hydrogen-bond acceptors (Lipinski definition) is 5. The van der Waals surface area contributed by atoms with Crippen molar-refractivity contribution in [3.63, 3.8) is 0 Å². The van der Waals surface area contributed by atoms with Crippen molar-refractivity contribution in [3.05, 3.63) is 47.0 Å². The molecular weight excluding hydrogens is 336 g/mol. The summed E-state index contributed by atoms with van der Waals surface area (Å²) in [5.41, 5.74) is 2.35. The lowest BCUT2D eigenvalue weighted by molar-refractivity contribution is -0.136. The third-order valence-corrected chi connectivity index (χ3v) is 4.97. The minimum absolute atomic E-state index is 0.0242. The topological polar surface area (TPSA) is 97.5 Å². The molecule has 0 aliphatic carbocycles. The smallest absolute Gasteiger partial charge is 0.356 e. The van der Waals surface area contributed by atoms with Gasteiger partial charge in [0.15, 0.2) is 5.69 Å². The van der Waals surface area contributed by atoms with Crippen LogP contribution in [-0.2, 0) is 29.0 Å². The quantitative estimate of drug-likeness (QED) is 0.876. The number of rotatable bonds is 4. The van der Waals surface area contributed by atoms with E-state index in [0.29, 0.717) is 38.3 Å². The molecular formula is C18H20N4O4. The van der Waals surface area contributed by atoms with Gasteiger partial charge in [0.2, 0.25) is 5.91 Å². The second-order valence-electron chi connectivity index (χ2n) is 6.63. The Morgan fingerprint density at radius 2 is 2.23 bits per heavy atom. The second-order valence-corrected chi connectivity index (χ2v) is 6.63. The van der Waals surface area contributed by atoms with Crippen molar-refractivity contribution in [1.29, 1.82) is 0 Å². The normalized spacial score (nSPS) is 19.4. The van der Waals surface area contributed by atoms with Gasteiger partial charge in [-0.15, -0.1) is 0 Å². The Kier molecular flexibility index (Phi) is 4.42. The number of aromatic carboxylic acids is 1. The zero-order valence-electron chi connectivity index (χ0n) is 14.3. The number of hydrogen-bond donors (Lipinski definition) is 1. The third-order valence-electron chi connectivity index (χ3n) is 4.97. The zero-order valence-corrected chi connectivity index (χ0v) is 14.3. The van der Waals surface area contributed by atoms with Crippen molar-refractivity contribution in [2.24, 2.45) is 5.92 Å². The van der Waals surface area contributed by atoms with Gasteiger partial charge in [-0.1, -0.05) is 6.07 Å². The summed E-state index contributed by atoms with van der Waals surface area (Å²) in [5.74, 6) is -1.14. The van der Waals surface area contributed by atoms with Gasteiger partial charge in [-0.2, -0.15) is 5.10 Å². The molecule has 1 N–H and O–H groups in total. The Hall–Kier alpha value is -2.74. The van der Waals surface area contributed by atoms with Crippen LogP contribution >= 0.6 is 0 Å². The number of amides is 1. The summed E-state index contributed by atoms with van der Waals surface area (Å²) in [4.78, 5) is 30.3. The molecule has 0 unspecified atom stereocenters. The molecule has 2 aromatic heterocycles. The van der Waals surface area contributed by atoms with Gasteiger partial charge >= 0.3 is 5.97 Å². The molecule has 0 radical (unpaired) electrons. The highest BCUT2D eigenvalue weighted by Crippen LogP contribution is 2.26. The Balaban J connectivity index is 1.61. The first-order valence-corrected chi connectivity index (χ1v) is 8.72. The average Bonchev–Trinajstić information content (AvgIpc) is 3.30. The summed E-state index contributed by atoms with van der Waals surface area (Å²) in [7, 11) is 0. The molecule has 1 amide bonds. The van der Waals surface area contributed by atoms with E-state index in [1.165, 1.54) is 0 Å². The fourth-order valence-corrected chi connectivity index (χ4v) is 3.61. The molecule has 1 fully saturated rings. The van der Waals surface area contributed by atoms with Crippen molar-refractivity contribution in [3.8, 4) is 0 Å². The maximum atomic E-state index is 12.7. The average molecular weight is 356 g/mol. The second kappa shape index (κ2) is 6.87. The van der Waals surface area contributed by atoms with E-state index in [1.54, 1.807) is 15.8 Å². The molecule has 1 saturated heterocycles. The van der Waals surface area contributed by atoms with Crippen LogP contribution in [0.25, 0.3) is 0 Å². The molecule has 0 saturated carbocycles. The fraction of sp³-hybridized carbons (Fsp3) is 0.444. The summed E-state index contributed by atoms with van der Waals surface area (Å²) >= 11 is 0. The number of carboxylic acids is 1. The van der Waals surface area contributed by atoms with E-state index in [9.17, 15) is 14.7 Å². The predicted molar refractivity (Wildman–Crippen MR) is 90.6 cm³/mol. The lowest BCUT2D eigenvalue weighted by Crippen LogP contribution is -2.40. The molecule has 4 rings (SSSR count). The SMILES string of the molecule is O=C(O)c1nn(Cc2ccccn2)c2c1CN(C(=O)[C@@H]1CCOC1)CC2. The van der Waals surface area contributed by atoms with E-state index in [1.807, 2.05) is 18.2 Å². The number of carbonyl (C=O) groups excluding carboxylic acids is 1. The lowest BCUT2D eigenvalue weighted by Gasteiger charge is -2.29. The van der Waals surface area contributed by atoms with Gasteiger partial charge in [-0.3, -0.25) is 14.5 Å². The molecule has 0 bridgehead atoms. The first-order chi connectivity index (χ1) is 12.6. The third kappa shape index (κ3) is 3.08. The van der Waals surface area contributed by atoms with Crippen LogP contribution in [0.1, 0.15) is 33.9 Å². The van der Waals surface area contributed by atoms with E-state index >= 15 is 0 Å². The van der Waals surface area contributed by atoms with Gasteiger partial charge in [0, 0.05) is 43.6 Å². The van der Waals surface area contributed by atoms with Gasteiger partial charge in [-0.05, 0) is 18.6 Å². The number of pyridine rings is 1. The number of carbonyl (C=O) groups is 2. The fourth-order valence-electron chi connectivity index (χ4n) is 3.61. The molecule has 2 aromatic rings. The molecule has 4 heterocycles. The minimum Gasteiger partial charge on any atom is -0.476 e. The molecule has 26 heavy (non-hydrogen) atoms. The van der Waals surface area contributed by atoms with Gasteiger partial charge < -0.3 is 14.7 Å². The summed E-state index contributed by atoms with van der Waals surface area (Å²) in [6.07, 6.45) is 3.02. The van der Waals surface area contributed by atoms with Crippen molar-refractivity contribution in [2.75, 3.05) is 19.8 Å². The number of nitrogens with zero attached hydrogens (tertiary/aromatic N) is 4. The van der Waals surface area contributed by atoms with Gasteiger partial charge in [0.1, 0.15) is 0 Å². The number of aromatic nitrogens is 3. The van der Waals surface area contributed by atoms with Gasteiger partial charge in [0.05, 0.1) is 24.8 Å². The highest BCUT2D eigenvalue weighted by molar-refractivity contribution is 5.88. The van der Waals surface area contributed by atoms with E-state index in [-0.39, 0.29) is 24.1 Å². The molecule has 0 aromatic carbocycles. The van der Waals surface area contributed by atoms with E-state index in [2.05, 4.69) is 10.1 Å². The first-order valence-electron chi connectivity index (χ1n) is 8.72. The summed E-state index contributed by atoms with van der Waals surface area (Å²) in [5, 5.41) is 13.8. The van der Waals surface area contributed by atoms with Crippen LogP contribution in [0.3, 0.4) is 0 Å². The van der Waals surface area contributed by atoms with E-state index in [0.717, 1.165) is 17.8 Å². The maximum Gasteiger partial charge on any atom is 0.356 e. The Bertz CT molecular complexity index is 827. The van der Waals surface area contributed by atoms with Crippen LogP contribution in [0.15, 0.2) is 24.4 Å². The van der Waals surface area contributed by atoms with Crippen molar-refractivity contribution in [1.82, 2.24) is 19.7 Å². The van der Waals surface area contributed by atoms with Gasteiger partial charge in [0.25, 0.3) is 0 Å². The molecule has 136 valence electrons. The van der Waals surface area contributed by atoms with Crippen molar-refractivity contribution < 1.29 is 19.4 Å². The van der Waals surface area contributed by atoms with Crippen LogP contribution in [0.2, 0.25) is 0 Å². The van der Waals surface area contributed by atoms with Crippen LogP contribution in [0.4, 0.5) is 0 Å². The largest absolute Gasteiger partial charge is 0.476 e. The van der Waals surface area contributed by atoms with E-state index in [4.69, 9.17) is 4.74 Å². The van der Waals surface area contributed by atoms with Crippen LogP contribution < -0.4 is 0 Å². The highest BCUT2D eigenvalue weighted by Gasteiger charge is 2.34. The van der Waals surface area contributed by atoms with Gasteiger partial charge in [-0.25, -0.2) is 4.79 Å². The number of carboxylic acid groups (broad SMARTS) is 1. The molecule has 2 aliphatic heterocycles. The monoisotopic (exact) mass is 356 g/mol. The molecule has 1 atom stereocenters. The maximum absolute atomic E-state index is 12.7. The Morgan fingerprint density at radius 1 is 1.35 bits per heavy atom.